The van der Waals surface area contributed by atoms with Crippen LogP contribution in [0.4, 0.5) is 0 Å². The lowest BCUT2D eigenvalue weighted by Crippen LogP contribution is -2.59. The van der Waals surface area contributed by atoms with Gasteiger partial charge in [-0.2, -0.15) is 0 Å². The van der Waals surface area contributed by atoms with Gasteiger partial charge >= 0.3 is 13.1 Å². The average Bonchev–Trinajstić information content (AvgIpc) is 2.34. The fourth-order valence-corrected chi connectivity index (χ4v) is 2.54. The van der Waals surface area contributed by atoms with E-state index in [4.69, 9.17) is 10.0 Å². The monoisotopic (exact) mass is 258 g/mol. The van der Waals surface area contributed by atoms with Gasteiger partial charge in [0.15, 0.2) is 0 Å². The highest BCUT2D eigenvalue weighted by Crippen LogP contribution is 2.26. The quantitative estimate of drug-likeness (QED) is 0.309. The van der Waals surface area contributed by atoms with E-state index in [0.717, 1.165) is 6.42 Å². The number of nitrogens with one attached hydrogen (secondary N) is 2. The molecule has 0 bridgehead atoms. The fraction of sp³-hybridized carbons (Fsp3) is 0.909. The number of carboxylic acids is 1. The number of rotatable bonds is 7. The van der Waals surface area contributed by atoms with Crippen LogP contribution >= 0.6 is 0 Å². The average molecular weight is 258 g/mol. The van der Waals surface area contributed by atoms with Gasteiger partial charge in [-0.05, 0) is 39.2 Å². The predicted molar refractivity (Wildman–Crippen MR) is 69.3 cm³/mol. The number of piperidine rings is 1. The SMILES string of the molecule is CNC1CCNC(CCCCB(O)O)(C(=O)O)C1. The Balaban J connectivity index is 2.50. The Hall–Kier alpha value is -0.625. The minimum Gasteiger partial charge on any atom is -0.480 e. The van der Waals surface area contributed by atoms with Crippen LogP contribution in [0.2, 0.25) is 6.32 Å². The molecule has 1 fully saturated rings. The maximum Gasteiger partial charge on any atom is 0.451 e. The van der Waals surface area contributed by atoms with E-state index in [2.05, 4.69) is 10.6 Å². The van der Waals surface area contributed by atoms with Crippen molar-refractivity contribution in [1.82, 2.24) is 10.6 Å². The summed E-state index contributed by atoms with van der Waals surface area (Å²) in [5.74, 6) is -0.813. The first-order chi connectivity index (χ1) is 8.50. The van der Waals surface area contributed by atoms with Crippen molar-refractivity contribution < 1.29 is 19.9 Å². The van der Waals surface area contributed by atoms with E-state index in [1.54, 1.807) is 0 Å². The van der Waals surface area contributed by atoms with Crippen molar-refractivity contribution in [2.45, 2.75) is 50.0 Å². The second-order valence-corrected chi connectivity index (χ2v) is 5.02. The van der Waals surface area contributed by atoms with Crippen molar-refractivity contribution in [3.8, 4) is 0 Å². The molecule has 6 nitrogen and oxygen atoms in total. The Labute approximate surface area is 108 Å². The molecule has 0 aliphatic carbocycles. The molecule has 0 aromatic rings. The van der Waals surface area contributed by atoms with Crippen LogP contribution in [-0.4, -0.2) is 53.4 Å². The van der Waals surface area contributed by atoms with E-state index >= 15 is 0 Å². The molecule has 0 saturated carbocycles. The van der Waals surface area contributed by atoms with Crippen LogP contribution in [0, 0.1) is 0 Å². The molecule has 1 heterocycles. The molecular weight excluding hydrogens is 235 g/mol. The summed E-state index contributed by atoms with van der Waals surface area (Å²) in [6, 6.07) is 0.228. The van der Waals surface area contributed by atoms with E-state index in [1.165, 1.54) is 0 Å². The summed E-state index contributed by atoms with van der Waals surface area (Å²) >= 11 is 0. The van der Waals surface area contributed by atoms with Gasteiger partial charge in [0.05, 0.1) is 0 Å². The normalized spacial score (nSPS) is 28.1. The number of unbranched alkanes of at least 4 members (excludes halogenated alkanes) is 1. The van der Waals surface area contributed by atoms with Gasteiger partial charge in [0.1, 0.15) is 5.54 Å². The maximum atomic E-state index is 11.5. The van der Waals surface area contributed by atoms with Gasteiger partial charge in [-0.3, -0.25) is 4.79 Å². The molecule has 0 spiro atoms. The molecule has 1 aliphatic rings. The molecular formula is C11H23BN2O4. The van der Waals surface area contributed by atoms with Gasteiger partial charge in [0.25, 0.3) is 0 Å². The molecule has 0 radical (unpaired) electrons. The molecule has 0 aromatic carbocycles. The van der Waals surface area contributed by atoms with Crippen LogP contribution in [0.25, 0.3) is 0 Å². The van der Waals surface area contributed by atoms with Crippen LogP contribution in [0.1, 0.15) is 32.1 Å². The van der Waals surface area contributed by atoms with Crippen LogP contribution in [0.15, 0.2) is 0 Å². The van der Waals surface area contributed by atoms with Crippen molar-refractivity contribution in [3.05, 3.63) is 0 Å². The van der Waals surface area contributed by atoms with Gasteiger partial charge in [-0.1, -0.05) is 12.8 Å². The van der Waals surface area contributed by atoms with Crippen molar-refractivity contribution in [2.75, 3.05) is 13.6 Å². The summed E-state index contributed by atoms with van der Waals surface area (Å²) in [5, 5.41) is 33.2. The molecule has 7 heteroatoms. The smallest absolute Gasteiger partial charge is 0.451 e. The summed E-state index contributed by atoms with van der Waals surface area (Å²) in [5.41, 5.74) is -0.869. The number of hydrogen-bond acceptors (Lipinski definition) is 5. The molecule has 0 amide bonds. The topological polar surface area (TPSA) is 102 Å². The van der Waals surface area contributed by atoms with Crippen LogP contribution in [0.5, 0.6) is 0 Å². The molecule has 0 aromatic heterocycles. The first kappa shape index (κ1) is 15.4. The van der Waals surface area contributed by atoms with Gasteiger partial charge in [-0.15, -0.1) is 0 Å². The Kier molecular flexibility index (Phi) is 6.07. The van der Waals surface area contributed by atoms with Crippen molar-refractivity contribution in [2.24, 2.45) is 0 Å². The van der Waals surface area contributed by atoms with Gasteiger partial charge in [-0.25, -0.2) is 0 Å². The van der Waals surface area contributed by atoms with Crippen LogP contribution in [-0.2, 0) is 4.79 Å². The molecule has 2 atom stereocenters. The molecule has 104 valence electrons. The number of carbonyl (C=O) groups is 1. The van der Waals surface area contributed by atoms with E-state index in [9.17, 15) is 9.90 Å². The van der Waals surface area contributed by atoms with E-state index in [1.807, 2.05) is 7.05 Å². The Bertz CT molecular complexity index is 278. The summed E-state index contributed by atoms with van der Waals surface area (Å²) in [4.78, 5) is 11.5. The number of carboxylic acid groups (broad SMARTS) is 1. The molecule has 18 heavy (non-hydrogen) atoms. The zero-order valence-electron chi connectivity index (χ0n) is 10.9. The standard InChI is InChI=1S/C11H23BN2O4/c1-13-9-4-7-14-11(8-9,10(15)16)5-2-3-6-12(17)18/h9,13-14,17-18H,2-8H2,1H3,(H,15,16). The molecule has 1 aliphatic heterocycles. The van der Waals surface area contributed by atoms with Gasteiger partial charge in [0, 0.05) is 6.04 Å². The second-order valence-electron chi connectivity index (χ2n) is 5.02. The lowest BCUT2D eigenvalue weighted by molar-refractivity contribution is -0.146. The third-order valence-electron chi connectivity index (χ3n) is 3.68. The van der Waals surface area contributed by atoms with Crippen molar-refractivity contribution in [3.63, 3.8) is 0 Å². The molecule has 1 rings (SSSR count). The summed E-state index contributed by atoms with van der Waals surface area (Å²) < 4.78 is 0. The zero-order chi connectivity index (χ0) is 13.6. The van der Waals surface area contributed by atoms with Crippen molar-refractivity contribution >= 4 is 13.1 Å². The number of hydrogen-bond donors (Lipinski definition) is 5. The Morgan fingerprint density at radius 2 is 2.22 bits per heavy atom. The third kappa shape index (κ3) is 4.24. The minimum absolute atomic E-state index is 0.228. The van der Waals surface area contributed by atoms with Crippen LogP contribution in [0.3, 0.4) is 0 Å². The molecule has 1 saturated heterocycles. The predicted octanol–water partition coefficient (Wildman–Crippen LogP) is -0.576. The van der Waals surface area contributed by atoms with E-state index in [-0.39, 0.29) is 6.04 Å². The second kappa shape index (κ2) is 7.08. The summed E-state index contributed by atoms with van der Waals surface area (Å²) in [6.45, 7) is 0.695. The van der Waals surface area contributed by atoms with E-state index < -0.39 is 18.6 Å². The first-order valence-corrected chi connectivity index (χ1v) is 6.52. The first-order valence-electron chi connectivity index (χ1n) is 6.52. The lowest BCUT2D eigenvalue weighted by Gasteiger charge is -2.38. The van der Waals surface area contributed by atoms with Crippen molar-refractivity contribution in [1.29, 1.82) is 0 Å². The highest BCUT2D eigenvalue weighted by atomic mass is 16.4. The third-order valence-corrected chi connectivity index (χ3v) is 3.68. The zero-order valence-corrected chi connectivity index (χ0v) is 10.9. The lowest BCUT2D eigenvalue weighted by atomic mass is 9.79. The Morgan fingerprint density at radius 1 is 1.50 bits per heavy atom. The summed E-state index contributed by atoms with van der Waals surface area (Å²) in [7, 11) is 0.556. The minimum atomic E-state index is -1.30. The van der Waals surface area contributed by atoms with E-state index in [0.29, 0.717) is 38.5 Å². The van der Waals surface area contributed by atoms with Gasteiger partial charge < -0.3 is 25.8 Å². The maximum absolute atomic E-state index is 11.5. The number of aliphatic carboxylic acids is 1. The Morgan fingerprint density at radius 3 is 2.78 bits per heavy atom. The highest BCUT2D eigenvalue weighted by Gasteiger charge is 2.41. The fourth-order valence-electron chi connectivity index (χ4n) is 2.54. The molecule has 2 unspecified atom stereocenters. The molecule has 5 N–H and O–H groups in total. The van der Waals surface area contributed by atoms with Crippen LogP contribution < -0.4 is 10.6 Å². The summed E-state index contributed by atoms with van der Waals surface area (Å²) in [6.07, 6.45) is 3.62. The highest BCUT2D eigenvalue weighted by molar-refractivity contribution is 6.40. The van der Waals surface area contributed by atoms with Gasteiger partial charge in [0.2, 0.25) is 0 Å². The largest absolute Gasteiger partial charge is 0.480 e.